The number of nitrogens with zero attached hydrogens (tertiary/aromatic N) is 1. The molecule has 0 aliphatic heterocycles. The van der Waals surface area contributed by atoms with Crippen molar-refractivity contribution in [1.82, 2.24) is 4.57 Å². The standard InChI is InChI=1S/C21H13BClNOS/c23-15-7-9-20-18(10-15)21(26-17-4-2-1-3-5-17)12-24(20)16-8-6-14-13-25-22-19(14)11-16/h1-13H. The molecule has 0 saturated heterocycles. The molecular formula is C21H13BClNOS. The van der Waals surface area contributed by atoms with E-state index in [-0.39, 0.29) is 0 Å². The Labute approximate surface area is 160 Å². The average Bonchev–Trinajstić information content (AvgIpc) is 3.27. The van der Waals surface area contributed by atoms with E-state index in [1.54, 1.807) is 25.2 Å². The van der Waals surface area contributed by atoms with E-state index in [1.165, 1.54) is 9.79 Å². The zero-order valence-corrected chi connectivity index (χ0v) is 15.3. The van der Waals surface area contributed by atoms with Crippen molar-refractivity contribution in [2.45, 2.75) is 9.79 Å². The molecule has 2 aromatic heterocycles. The summed E-state index contributed by atoms with van der Waals surface area (Å²) in [5, 5.41) is 4.09. The van der Waals surface area contributed by atoms with Gasteiger partial charge in [0.2, 0.25) is 0 Å². The van der Waals surface area contributed by atoms with Crippen molar-refractivity contribution >= 4 is 52.1 Å². The zero-order chi connectivity index (χ0) is 17.5. The van der Waals surface area contributed by atoms with Gasteiger partial charge in [0.25, 0.3) is 0 Å². The summed E-state index contributed by atoms with van der Waals surface area (Å²) in [5.41, 5.74) is 2.24. The first-order valence-electron chi connectivity index (χ1n) is 8.28. The van der Waals surface area contributed by atoms with Crippen molar-refractivity contribution in [2.24, 2.45) is 0 Å². The van der Waals surface area contributed by atoms with E-state index in [0.29, 0.717) is 0 Å². The predicted octanol–water partition coefficient (Wildman–Crippen LogP) is 6.52. The van der Waals surface area contributed by atoms with E-state index in [1.807, 2.05) is 18.2 Å². The molecule has 2 nitrogen and oxygen atoms in total. The van der Waals surface area contributed by atoms with Crippen LogP contribution in [-0.4, -0.2) is 11.7 Å². The molecular weight excluding hydrogens is 361 g/mol. The summed E-state index contributed by atoms with van der Waals surface area (Å²) in [4.78, 5) is 2.39. The summed E-state index contributed by atoms with van der Waals surface area (Å²) >= 11 is 8.03. The van der Waals surface area contributed by atoms with Crippen molar-refractivity contribution in [3.05, 3.63) is 84.2 Å². The molecule has 0 aliphatic rings. The number of rotatable bonds is 3. The Bertz CT molecular complexity index is 1230. The van der Waals surface area contributed by atoms with E-state index in [0.717, 1.165) is 32.3 Å². The van der Waals surface area contributed by atoms with Crippen molar-refractivity contribution in [3.63, 3.8) is 0 Å². The second kappa shape index (κ2) is 6.38. The summed E-state index contributed by atoms with van der Waals surface area (Å²) in [5.74, 6) is 0. The van der Waals surface area contributed by atoms with E-state index >= 15 is 0 Å². The number of benzene rings is 3. The van der Waals surface area contributed by atoms with Gasteiger partial charge in [-0.1, -0.05) is 0 Å². The predicted molar refractivity (Wildman–Crippen MR) is 110 cm³/mol. The third-order valence-corrected chi connectivity index (χ3v) is 5.73. The van der Waals surface area contributed by atoms with Gasteiger partial charge in [-0.05, 0) is 0 Å². The average molecular weight is 374 g/mol. The van der Waals surface area contributed by atoms with Crippen LogP contribution in [0.15, 0.2) is 93.3 Å². The van der Waals surface area contributed by atoms with Gasteiger partial charge in [-0.25, -0.2) is 0 Å². The Morgan fingerprint density at radius 1 is 0.962 bits per heavy atom. The molecule has 0 saturated carbocycles. The molecule has 3 aromatic carbocycles. The fraction of sp³-hybridized carbons (Fsp3) is 0. The molecule has 0 spiro atoms. The number of aromatic nitrogens is 1. The van der Waals surface area contributed by atoms with Crippen LogP contribution >= 0.6 is 23.4 Å². The Hall–Kier alpha value is -2.43. The fourth-order valence-electron chi connectivity index (χ4n) is 3.18. The van der Waals surface area contributed by atoms with Gasteiger partial charge in [0.1, 0.15) is 0 Å². The molecule has 26 heavy (non-hydrogen) atoms. The fourth-order valence-corrected chi connectivity index (χ4v) is 4.34. The van der Waals surface area contributed by atoms with Gasteiger partial charge in [0.15, 0.2) is 0 Å². The van der Waals surface area contributed by atoms with Crippen LogP contribution in [-0.2, 0) is 0 Å². The summed E-state index contributed by atoms with van der Waals surface area (Å²) in [6, 6.07) is 22.8. The second-order valence-corrected chi connectivity index (χ2v) is 7.68. The minimum atomic E-state index is 0.746. The SMILES string of the molecule is Clc1ccc2c(c1)c(Sc1ccccc1)cn2-c1ccc2cobc2c1. The molecule has 124 valence electrons. The number of hydrogen-bond acceptors (Lipinski definition) is 2. The van der Waals surface area contributed by atoms with Crippen LogP contribution in [0.1, 0.15) is 0 Å². The second-order valence-electron chi connectivity index (χ2n) is 6.12. The molecule has 0 aliphatic carbocycles. The van der Waals surface area contributed by atoms with Crippen molar-refractivity contribution < 1.29 is 4.33 Å². The first kappa shape index (κ1) is 15.8. The number of hydrogen-bond donors (Lipinski definition) is 0. The van der Waals surface area contributed by atoms with E-state index in [9.17, 15) is 0 Å². The molecule has 5 heteroatoms. The first-order chi connectivity index (χ1) is 12.8. The van der Waals surface area contributed by atoms with E-state index in [4.69, 9.17) is 15.9 Å². The van der Waals surface area contributed by atoms with E-state index < -0.39 is 0 Å². The van der Waals surface area contributed by atoms with Crippen LogP contribution in [0.2, 0.25) is 5.02 Å². The monoisotopic (exact) mass is 373 g/mol. The maximum absolute atomic E-state index is 6.28. The van der Waals surface area contributed by atoms with Gasteiger partial charge < -0.3 is 0 Å². The van der Waals surface area contributed by atoms with Gasteiger partial charge in [-0.2, -0.15) is 0 Å². The molecule has 0 unspecified atom stereocenters. The molecule has 5 aromatic rings. The van der Waals surface area contributed by atoms with Gasteiger partial charge in [-0.15, -0.1) is 0 Å². The summed E-state index contributed by atoms with van der Waals surface area (Å²) in [6.45, 7) is 0. The normalized spacial score (nSPS) is 11.3. The van der Waals surface area contributed by atoms with Gasteiger partial charge in [0, 0.05) is 0 Å². The van der Waals surface area contributed by atoms with E-state index in [2.05, 4.69) is 59.3 Å². The van der Waals surface area contributed by atoms with Crippen LogP contribution < -0.4 is 0 Å². The maximum atomic E-state index is 6.28. The number of fused-ring (bicyclic) bond motifs is 2. The Morgan fingerprint density at radius 2 is 1.85 bits per heavy atom. The molecule has 0 bridgehead atoms. The topological polar surface area (TPSA) is 18.1 Å². The quantitative estimate of drug-likeness (QED) is 0.358. The summed E-state index contributed by atoms with van der Waals surface area (Å²) < 4.78 is 7.52. The van der Waals surface area contributed by atoms with Crippen LogP contribution in [0.5, 0.6) is 0 Å². The van der Waals surface area contributed by atoms with Gasteiger partial charge in [-0.3, -0.25) is 0 Å². The summed E-state index contributed by atoms with van der Waals surface area (Å²) in [7, 11) is 1.78. The molecule has 0 radical (unpaired) electrons. The van der Waals surface area contributed by atoms with Crippen molar-refractivity contribution in [2.75, 3.05) is 0 Å². The van der Waals surface area contributed by atoms with Crippen LogP contribution in [0.3, 0.4) is 0 Å². The molecule has 0 atom stereocenters. The molecule has 0 N–H and O–H groups in total. The number of halogens is 1. The Balaban J connectivity index is 1.70. The van der Waals surface area contributed by atoms with Gasteiger partial charge in [0.05, 0.1) is 0 Å². The zero-order valence-electron chi connectivity index (χ0n) is 13.7. The first-order valence-corrected chi connectivity index (χ1v) is 9.47. The van der Waals surface area contributed by atoms with Crippen LogP contribution in [0.4, 0.5) is 0 Å². The minimum absolute atomic E-state index is 0.746. The summed E-state index contributed by atoms with van der Waals surface area (Å²) in [6.07, 6.45) is 3.95. The molecule has 2 heterocycles. The van der Waals surface area contributed by atoms with Gasteiger partial charge >= 0.3 is 161 Å². The molecule has 0 fully saturated rings. The Morgan fingerprint density at radius 3 is 2.73 bits per heavy atom. The molecule has 0 amide bonds. The van der Waals surface area contributed by atoms with Crippen molar-refractivity contribution in [1.29, 1.82) is 0 Å². The van der Waals surface area contributed by atoms with Crippen molar-refractivity contribution in [3.8, 4) is 5.69 Å². The third kappa shape index (κ3) is 2.76. The van der Waals surface area contributed by atoms with Crippen LogP contribution in [0, 0.1) is 0 Å². The molecule has 5 rings (SSSR count). The van der Waals surface area contributed by atoms with Crippen LogP contribution in [0.25, 0.3) is 27.3 Å². The third-order valence-electron chi connectivity index (χ3n) is 4.44. The Kier molecular flexibility index (Phi) is 3.88.